The highest BCUT2D eigenvalue weighted by atomic mass is 79.9. The number of carbonyl (C=O) groups excluding carboxylic acids is 3. The van der Waals surface area contributed by atoms with E-state index in [1.165, 1.54) is 6.08 Å². The number of benzene rings is 2. The van der Waals surface area contributed by atoms with Crippen LogP contribution in [0, 0.1) is 6.92 Å². The molecule has 0 unspecified atom stereocenters. The molecule has 1 aliphatic heterocycles. The molecule has 32 heavy (non-hydrogen) atoms. The quantitative estimate of drug-likeness (QED) is 0.419. The van der Waals surface area contributed by atoms with Crippen LogP contribution in [-0.2, 0) is 9.59 Å². The van der Waals surface area contributed by atoms with Crippen LogP contribution in [0.3, 0.4) is 0 Å². The van der Waals surface area contributed by atoms with Gasteiger partial charge in [-0.25, -0.2) is 9.69 Å². The number of aryl methyl sites for hydroxylation is 1. The van der Waals surface area contributed by atoms with Crippen molar-refractivity contribution in [2.24, 2.45) is 0 Å². The molecule has 0 spiro atoms. The molecule has 0 saturated carbocycles. The smallest absolute Gasteiger partial charge is 0.329 e. The summed E-state index contributed by atoms with van der Waals surface area (Å²) < 4.78 is 11.9. The molecule has 1 aliphatic rings. The Kier molecular flexibility index (Phi) is 7.53. The molecule has 0 radical (unpaired) electrons. The predicted octanol–water partition coefficient (Wildman–Crippen LogP) is 4.09. The highest BCUT2D eigenvalue weighted by Gasteiger charge is 2.35. The van der Waals surface area contributed by atoms with Crippen molar-refractivity contribution in [3.8, 4) is 11.5 Å². The minimum Gasteiger partial charge on any atom is -0.490 e. The van der Waals surface area contributed by atoms with Crippen LogP contribution in [0.15, 0.2) is 46.6 Å². The molecule has 1 heterocycles. The van der Waals surface area contributed by atoms with E-state index in [0.29, 0.717) is 40.4 Å². The molecule has 0 atom stereocenters. The molecule has 0 bridgehead atoms. The van der Waals surface area contributed by atoms with Gasteiger partial charge in [0.25, 0.3) is 5.91 Å². The van der Waals surface area contributed by atoms with Gasteiger partial charge in [0.15, 0.2) is 11.5 Å². The minimum atomic E-state index is -0.657. The van der Waals surface area contributed by atoms with Crippen LogP contribution in [0.2, 0.25) is 0 Å². The van der Waals surface area contributed by atoms with Gasteiger partial charge in [0.2, 0.25) is 5.91 Å². The minimum absolute atomic E-state index is 0.0665. The monoisotopic (exact) mass is 501 g/mol. The lowest BCUT2D eigenvalue weighted by molar-refractivity contribution is -0.127. The van der Waals surface area contributed by atoms with E-state index in [1.54, 1.807) is 24.3 Å². The molecule has 3 rings (SSSR count). The maximum Gasteiger partial charge on any atom is 0.329 e. The van der Waals surface area contributed by atoms with Crippen molar-refractivity contribution < 1.29 is 23.9 Å². The SMILES string of the molecule is CCOc1cc(/C=C2/NC(=O)N(CC(=O)Nc3cccc(C)c3)C2=O)cc(Br)c1OCC. The third kappa shape index (κ3) is 5.47. The fourth-order valence-electron chi connectivity index (χ4n) is 3.17. The fourth-order valence-corrected chi connectivity index (χ4v) is 3.74. The molecule has 168 valence electrons. The topological polar surface area (TPSA) is 97.0 Å². The highest BCUT2D eigenvalue weighted by Crippen LogP contribution is 2.37. The zero-order valence-electron chi connectivity index (χ0n) is 18.0. The number of imide groups is 1. The second kappa shape index (κ2) is 10.3. The fraction of sp³-hybridized carbons (Fsp3) is 0.261. The van der Waals surface area contributed by atoms with Gasteiger partial charge in [-0.15, -0.1) is 0 Å². The van der Waals surface area contributed by atoms with Crippen LogP contribution >= 0.6 is 15.9 Å². The van der Waals surface area contributed by atoms with Gasteiger partial charge in [-0.3, -0.25) is 9.59 Å². The van der Waals surface area contributed by atoms with Gasteiger partial charge >= 0.3 is 6.03 Å². The number of hydrogen-bond acceptors (Lipinski definition) is 5. The largest absolute Gasteiger partial charge is 0.490 e. The van der Waals surface area contributed by atoms with Gasteiger partial charge in [0.1, 0.15) is 12.2 Å². The summed E-state index contributed by atoms with van der Waals surface area (Å²) in [5, 5.41) is 5.22. The van der Waals surface area contributed by atoms with Gasteiger partial charge < -0.3 is 20.1 Å². The summed E-state index contributed by atoms with van der Waals surface area (Å²) in [5.41, 5.74) is 2.27. The summed E-state index contributed by atoms with van der Waals surface area (Å²) >= 11 is 3.46. The molecule has 0 aliphatic carbocycles. The Morgan fingerprint density at radius 3 is 2.59 bits per heavy atom. The summed E-state index contributed by atoms with van der Waals surface area (Å²) in [5.74, 6) is 0.0228. The molecule has 1 fully saturated rings. The lowest BCUT2D eigenvalue weighted by Crippen LogP contribution is -2.38. The Morgan fingerprint density at radius 1 is 1.16 bits per heavy atom. The Bertz CT molecular complexity index is 1080. The van der Waals surface area contributed by atoms with Gasteiger partial charge in [-0.2, -0.15) is 0 Å². The van der Waals surface area contributed by atoms with E-state index in [4.69, 9.17) is 9.47 Å². The maximum absolute atomic E-state index is 12.8. The molecule has 0 aromatic heterocycles. The lowest BCUT2D eigenvalue weighted by atomic mass is 10.1. The number of halogens is 1. The number of anilines is 1. The van der Waals surface area contributed by atoms with Crippen LogP contribution in [0.4, 0.5) is 10.5 Å². The predicted molar refractivity (Wildman–Crippen MR) is 125 cm³/mol. The van der Waals surface area contributed by atoms with Crippen molar-refractivity contribution in [3.63, 3.8) is 0 Å². The van der Waals surface area contributed by atoms with Crippen molar-refractivity contribution in [2.75, 3.05) is 25.1 Å². The van der Waals surface area contributed by atoms with Crippen LogP contribution < -0.4 is 20.1 Å². The summed E-state index contributed by atoms with van der Waals surface area (Å²) in [6.45, 7) is 6.14. The normalized spacial score (nSPS) is 14.5. The summed E-state index contributed by atoms with van der Waals surface area (Å²) in [7, 11) is 0. The van der Waals surface area contributed by atoms with Crippen molar-refractivity contribution in [1.82, 2.24) is 10.2 Å². The second-order valence-corrected chi connectivity index (χ2v) is 7.85. The Labute approximate surface area is 194 Å². The van der Waals surface area contributed by atoms with Gasteiger partial charge in [0.05, 0.1) is 17.7 Å². The number of nitrogens with zero attached hydrogens (tertiary/aromatic N) is 1. The molecule has 2 aromatic carbocycles. The Morgan fingerprint density at radius 2 is 1.91 bits per heavy atom. The Balaban J connectivity index is 1.77. The van der Waals surface area contributed by atoms with E-state index in [1.807, 2.05) is 32.9 Å². The van der Waals surface area contributed by atoms with E-state index in [0.717, 1.165) is 10.5 Å². The van der Waals surface area contributed by atoms with E-state index in [2.05, 4.69) is 26.6 Å². The molecular formula is C23H24BrN3O5. The van der Waals surface area contributed by atoms with Crippen molar-refractivity contribution in [3.05, 3.63) is 57.7 Å². The average molecular weight is 502 g/mol. The number of rotatable bonds is 8. The zero-order chi connectivity index (χ0) is 23.3. The molecule has 8 nitrogen and oxygen atoms in total. The number of ether oxygens (including phenoxy) is 2. The van der Waals surface area contributed by atoms with Gasteiger partial charge in [-0.1, -0.05) is 12.1 Å². The lowest BCUT2D eigenvalue weighted by Gasteiger charge is -2.13. The van der Waals surface area contributed by atoms with Crippen LogP contribution in [0.25, 0.3) is 6.08 Å². The number of urea groups is 1. The zero-order valence-corrected chi connectivity index (χ0v) is 19.6. The first-order chi connectivity index (χ1) is 15.3. The first-order valence-corrected chi connectivity index (χ1v) is 10.9. The van der Waals surface area contributed by atoms with Gasteiger partial charge in [0, 0.05) is 5.69 Å². The number of carbonyl (C=O) groups is 3. The van der Waals surface area contributed by atoms with Crippen molar-refractivity contribution in [1.29, 1.82) is 0 Å². The van der Waals surface area contributed by atoms with Gasteiger partial charge in [-0.05, 0) is 78.2 Å². The molecule has 1 saturated heterocycles. The average Bonchev–Trinajstić information content (AvgIpc) is 2.98. The number of amides is 4. The van der Waals surface area contributed by atoms with Crippen molar-refractivity contribution in [2.45, 2.75) is 20.8 Å². The molecule has 2 aromatic rings. The number of hydrogen-bond donors (Lipinski definition) is 2. The van der Waals surface area contributed by atoms with Crippen LogP contribution in [0.1, 0.15) is 25.0 Å². The standard InChI is InChI=1S/C23H24BrN3O5/c1-4-31-19-12-15(10-17(24)21(19)32-5-2)11-18-22(29)27(23(30)26-18)13-20(28)25-16-8-6-7-14(3)9-16/h6-12H,4-5,13H2,1-3H3,(H,25,28)(H,26,30)/b18-11+. The maximum atomic E-state index is 12.8. The van der Waals surface area contributed by atoms with E-state index >= 15 is 0 Å². The summed E-state index contributed by atoms with van der Waals surface area (Å²) in [6.07, 6.45) is 1.53. The second-order valence-electron chi connectivity index (χ2n) is 6.99. The summed E-state index contributed by atoms with van der Waals surface area (Å²) in [4.78, 5) is 38.3. The van der Waals surface area contributed by atoms with E-state index in [-0.39, 0.29) is 5.70 Å². The third-order valence-electron chi connectivity index (χ3n) is 4.50. The molecule has 4 amide bonds. The third-order valence-corrected chi connectivity index (χ3v) is 5.09. The first-order valence-electron chi connectivity index (χ1n) is 10.1. The Hall–Kier alpha value is -3.33. The summed E-state index contributed by atoms with van der Waals surface area (Å²) in [6, 6.07) is 10.1. The molecule has 9 heteroatoms. The van der Waals surface area contributed by atoms with Crippen molar-refractivity contribution >= 4 is 45.5 Å². The van der Waals surface area contributed by atoms with Crippen LogP contribution in [0.5, 0.6) is 11.5 Å². The first kappa shape index (κ1) is 23.3. The van der Waals surface area contributed by atoms with E-state index in [9.17, 15) is 14.4 Å². The molecule has 2 N–H and O–H groups in total. The van der Waals surface area contributed by atoms with Crippen LogP contribution in [-0.4, -0.2) is 42.5 Å². The highest BCUT2D eigenvalue weighted by molar-refractivity contribution is 9.10. The van der Waals surface area contributed by atoms with E-state index < -0.39 is 24.4 Å². The molecular weight excluding hydrogens is 478 g/mol. The number of nitrogens with one attached hydrogen (secondary N) is 2.